The van der Waals surface area contributed by atoms with Gasteiger partial charge in [-0.1, -0.05) is 0 Å². The fourth-order valence-electron chi connectivity index (χ4n) is 1.74. The van der Waals surface area contributed by atoms with E-state index in [0.717, 1.165) is 6.07 Å². The lowest BCUT2D eigenvalue weighted by Gasteiger charge is -2.25. The first kappa shape index (κ1) is 16.2. The van der Waals surface area contributed by atoms with Gasteiger partial charge in [0.25, 0.3) is 0 Å². The summed E-state index contributed by atoms with van der Waals surface area (Å²) in [7, 11) is 0.0397. The van der Waals surface area contributed by atoms with Crippen molar-refractivity contribution in [2.24, 2.45) is 0 Å². The third kappa shape index (κ3) is 4.03. The van der Waals surface area contributed by atoms with E-state index in [9.17, 15) is 13.2 Å². The van der Waals surface area contributed by atoms with Crippen molar-refractivity contribution >= 4 is 8.80 Å². The molecule has 0 radical (unpaired) electrons. The molecule has 3 nitrogen and oxygen atoms in total. The van der Waals surface area contributed by atoms with Crippen molar-refractivity contribution < 1.29 is 26.4 Å². The molecule has 0 fully saturated rings. The number of aryl methyl sites for hydroxylation is 1. The molecule has 0 aromatic heterocycles. The Kier molecular flexibility index (Phi) is 5.99. The summed E-state index contributed by atoms with van der Waals surface area (Å²) >= 11 is 0. The fraction of sp³-hybridized carbons (Fsp3) is 0.500. The average molecular weight is 294 g/mol. The van der Waals surface area contributed by atoms with Crippen LogP contribution in [0.3, 0.4) is 0 Å². The topological polar surface area (TPSA) is 27.7 Å². The zero-order valence-electron chi connectivity index (χ0n) is 11.1. The van der Waals surface area contributed by atoms with Gasteiger partial charge in [-0.15, -0.1) is 0 Å². The van der Waals surface area contributed by atoms with Gasteiger partial charge in [-0.2, -0.15) is 0 Å². The molecule has 0 aliphatic rings. The van der Waals surface area contributed by atoms with Gasteiger partial charge in [0.1, 0.15) is 5.82 Å². The van der Waals surface area contributed by atoms with Crippen molar-refractivity contribution in [2.75, 3.05) is 20.8 Å². The van der Waals surface area contributed by atoms with Gasteiger partial charge < -0.3 is 13.3 Å². The molecule has 0 amide bonds. The summed E-state index contributed by atoms with van der Waals surface area (Å²) in [5.74, 6) is -3.06. The second-order valence-corrected chi connectivity index (χ2v) is 6.85. The lowest BCUT2D eigenvalue weighted by Crippen LogP contribution is -2.44. The van der Waals surface area contributed by atoms with Gasteiger partial charge in [-0.25, -0.2) is 13.2 Å². The molecule has 0 spiro atoms. The summed E-state index contributed by atoms with van der Waals surface area (Å²) in [6.07, 6.45) is 0.150. The summed E-state index contributed by atoms with van der Waals surface area (Å²) in [4.78, 5) is 0. The minimum atomic E-state index is -2.86. The van der Waals surface area contributed by atoms with Gasteiger partial charge in [0.15, 0.2) is 11.6 Å². The van der Waals surface area contributed by atoms with Crippen molar-refractivity contribution in [3.8, 4) is 0 Å². The van der Waals surface area contributed by atoms with Gasteiger partial charge >= 0.3 is 8.80 Å². The van der Waals surface area contributed by atoms with E-state index in [-0.39, 0.29) is 18.0 Å². The van der Waals surface area contributed by atoms with Crippen LogP contribution < -0.4 is 0 Å². The fourth-order valence-corrected chi connectivity index (χ4v) is 3.71. The van der Waals surface area contributed by atoms with E-state index in [0.29, 0.717) is 12.7 Å². The van der Waals surface area contributed by atoms with Crippen molar-refractivity contribution in [2.45, 2.75) is 19.4 Å². The summed E-state index contributed by atoms with van der Waals surface area (Å²) < 4.78 is 55.3. The van der Waals surface area contributed by atoms with Gasteiger partial charge in [0.05, 0.1) is 0 Å². The lowest BCUT2D eigenvalue weighted by molar-refractivity contribution is 0.104. The zero-order valence-corrected chi connectivity index (χ0v) is 12.1. The highest BCUT2D eigenvalue weighted by molar-refractivity contribution is 6.60. The smallest absolute Gasteiger partial charge is 0.377 e. The van der Waals surface area contributed by atoms with E-state index in [1.807, 2.05) is 0 Å². The molecule has 0 saturated carbocycles. The summed E-state index contributed by atoms with van der Waals surface area (Å²) in [5, 5.41) is 0. The Bertz CT molecular complexity index is 425. The van der Waals surface area contributed by atoms with Crippen LogP contribution in [0.25, 0.3) is 0 Å². The predicted molar refractivity (Wildman–Crippen MR) is 66.2 cm³/mol. The highest BCUT2D eigenvalue weighted by atomic mass is 28.4. The van der Waals surface area contributed by atoms with Crippen LogP contribution >= 0.6 is 0 Å². The van der Waals surface area contributed by atoms with Gasteiger partial charge in [-0.05, 0) is 25.0 Å². The molecule has 1 rings (SSSR count). The van der Waals surface area contributed by atoms with E-state index >= 15 is 0 Å². The van der Waals surface area contributed by atoms with E-state index in [1.165, 1.54) is 14.2 Å². The molecule has 1 aromatic rings. The molecule has 0 heterocycles. The first-order chi connectivity index (χ1) is 8.98. The zero-order chi connectivity index (χ0) is 14.5. The van der Waals surface area contributed by atoms with Crippen LogP contribution in [0.5, 0.6) is 0 Å². The first-order valence-electron chi connectivity index (χ1n) is 5.85. The Labute approximate surface area is 111 Å². The van der Waals surface area contributed by atoms with Gasteiger partial charge in [-0.3, -0.25) is 0 Å². The number of hydrogen-bond acceptors (Lipinski definition) is 3. The quantitative estimate of drug-likeness (QED) is 0.571. The second-order valence-electron chi connectivity index (χ2n) is 3.88. The third-order valence-corrected chi connectivity index (χ3v) is 5.61. The van der Waals surface area contributed by atoms with Crippen molar-refractivity contribution in [3.63, 3.8) is 0 Å². The Morgan fingerprint density at radius 2 is 1.58 bits per heavy atom. The highest BCUT2D eigenvalue weighted by Crippen LogP contribution is 2.21. The van der Waals surface area contributed by atoms with Crippen molar-refractivity contribution in [3.05, 3.63) is 35.1 Å². The molecule has 1 aromatic carbocycles. The molecule has 0 aliphatic carbocycles. The molecule has 0 saturated heterocycles. The van der Waals surface area contributed by atoms with E-state index in [4.69, 9.17) is 13.3 Å². The van der Waals surface area contributed by atoms with E-state index in [1.54, 1.807) is 6.92 Å². The second kappa shape index (κ2) is 7.04. The summed E-state index contributed by atoms with van der Waals surface area (Å²) in [6, 6.07) is 1.67. The van der Waals surface area contributed by atoms with Crippen LogP contribution in [0.15, 0.2) is 12.1 Å². The average Bonchev–Trinajstić information content (AvgIpc) is 2.40. The molecular weight excluding hydrogens is 277 g/mol. The SMILES string of the molecule is CCO[Si](CCc1cc(F)c(F)cc1F)(OC)OC. The van der Waals surface area contributed by atoms with Gasteiger partial charge in [0, 0.05) is 32.9 Å². The molecule has 0 unspecified atom stereocenters. The Hall–Kier alpha value is -0.893. The van der Waals surface area contributed by atoms with Crippen LogP contribution in [0.1, 0.15) is 12.5 Å². The minimum absolute atomic E-state index is 0.0737. The Morgan fingerprint density at radius 1 is 1.00 bits per heavy atom. The molecular formula is C12H17F3O3Si. The standard InChI is InChI=1S/C12H17F3O3Si/c1-4-18-19(16-2,17-3)6-5-9-7-11(14)12(15)8-10(9)13/h7-8H,4-6H2,1-3H3. The van der Waals surface area contributed by atoms with E-state index < -0.39 is 26.3 Å². The maximum absolute atomic E-state index is 13.5. The normalized spacial score (nSPS) is 11.9. The lowest BCUT2D eigenvalue weighted by atomic mass is 10.1. The molecule has 0 N–H and O–H groups in total. The number of halogens is 3. The molecule has 19 heavy (non-hydrogen) atoms. The van der Waals surface area contributed by atoms with Crippen LogP contribution in [0.2, 0.25) is 6.04 Å². The molecule has 0 aliphatic heterocycles. The molecule has 7 heteroatoms. The van der Waals surface area contributed by atoms with Crippen LogP contribution in [0, 0.1) is 17.5 Å². The van der Waals surface area contributed by atoms with Gasteiger partial charge in [0.2, 0.25) is 0 Å². The predicted octanol–water partition coefficient (Wildman–Crippen LogP) is 2.91. The third-order valence-electron chi connectivity index (χ3n) is 2.78. The maximum Gasteiger partial charge on any atom is 0.500 e. The van der Waals surface area contributed by atoms with Crippen LogP contribution in [-0.2, 0) is 19.7 Å². The minimum Gasteiger partial charge on any atom is -0.377 e. The van der Waals surface area contributed by atoms with Crippen LogP contribution in [0.4, 0.5) is 13.2 Å². The van der Waals surface area contributed by atoms with E-state index in [2.05, 4.69) is 0 Å². The molecule has 0 atom stereocenters. The molecule has 108 valence electrons. The number of benzene rings is 1. The number of rotatable bonds is 7. The Balaban J connectivity index is 2.82. The summed E-state index contributed by atoms with van der Waals surface area (Å²) in [6.45, 7) is 2.19. The maximum atomic E-state index is 13.5. The highest BCUT2D eigenvalue weighted by Gasteiger charge is 2.38. The molecule has 0 bridgehead atoms. The van der Waals surface area contributed by atoms with Crippen LogP contribution in [-0.4, -0.2) is 29.6 Å². The Morgan fingerprint density at radius 3 is 2.11 bits per heavy atom. The van der Waals surface area contributed by atoms with Crippen molar-refractivity contribution in [1.29, 1.82) is 0 Å². The van der Waals surface area contributed by atoms with Crippen molar-refractivity contribution in [1.82, 2.24) is 0 Å². The summed E-state index contributed by atoms with van der Waals surface area (Å²) in [5.41, 5.74) is 0.0737. The monoisotopic (exact) mass is 294 g/mol. The first-order valence-corrected chi connectivity index (χ1v) is 7.79. The number of hydrogen-bond donors (Lipinski definition) is 0. The largest absolute Gasteiger partial charge is 0.500 e.